The second-order valence-corrected chi connectivity index (χ2v) is 8.71. The molecule has 0 aliphatic carbocycles. The van der Waals surface area contributed by atoms with Crippen LogP contribution in [0.5, 0.6) is 0 Å². The zero-order valence-electron chi connectivity index (χ0n) is 17.8. The molecule has 0 bridgehead atoms. The molecule has 31 heavy (non-hydrogen) atoms. The van der Waals surface area contributed by atoms with Crippen LogP contribution in [0.3, 0.4) is 0 Å². The van der Waals surface area contributed by atoms with E-state index in [4.69, 9.17) is 11.6 Å². The molecule has 4 heteroatoms. The molecule has 0 unspecified atom stereocenters. The number of hydrogen-bond donors (Lipinski definition) is 0. The molecule has 0 atom stereocenters. The van der Waals surface area contributed by atoms with E-state index in [0.717, 1.165) is 43.1 Å². The molecule has 3 nitrogen and oxygen atoms in total. The maximum Gasteiger partial charge on any atom is 0.226 e. The van der Waals surface area contributed by atoms with Gasteiger partial charge >= 0.3 is 0 Å². The molecule has 1 amide bonds. The van der Waals surface area contributed by atoms with E-state index < -0.39 is 0 Å². The van der Waals surface area contributed by atoms with Crippen LogP contribution in [0.4, 0.5) is 0 Å². The first-order valence-electron chi connectivity index (χ1n) is 11.0. The highest BCUT2D eigenvalue weighted by Crippen LogP contribution is 2.25. The number of nitrogens with zero attached hydrogens (tertiary/aromatic N) is 2. The highest BCUT2D eigenvalue weighted by molar-refractivity contribution is 6.31. The summed E-state index contributed by atoms with van der Waals surface area (Å²) < 4.78 is 0. The lowest BCUT2D eigenvalue weighted by molar-refractivity contribution is -0.138. The summed E-state index contributed by atoms with van der Waals surface area (Å²) in [7, 11) is 0. The van der Waals surface area contributed by atoms with Gasteiger partial charge in [-0.05, 0) is 48.7 Å². The van der Waals surface area contributed by atoms with Crippen molar-refractivity contribution in [3.8, 4) is 0 Å². The summed E-state index contributed by atoms with van der Waals surface area (Å²) in [6.45, 7) is 3.99. The van der Waals surface area contributed by atoms with Crippen molar-refractivity contribution in [1.29, 1.82) is 0 Å². The quantitative estimate of drug-likeness (QED) is 0.472. The fourth-order valence-electron chi connectivity index (χ4n) is 4.28. The van der Waals surface area contributed by atoms with Crippen molar-refractivity contribution in [2.45, 2.75) is 32.5 Å². The number of hydrogen-bond acceptors (Lipinski definition) is 2. The van der Waals surface area contributed by atoms with Crippen molar-refractivity contribution < 1.29 is 4.79 Å². The van der Waals surface area contributed by atoms with Crippen molar-refractivity contribution in [2.75, 3.05) is 13.1 Å². The van der Waals surface area contributed by atoms with Gasteiger partial charge in [0.2, 0.25) is 5.91 Å². The first-order chi connectivity index (χ1) is 15.2. The van der Waals surface area contributed by atoms with Gasteiger partial charge in [0.25, 0.3) is 0 Å². The van der Waals surface area contributed by atoms with Crippen molar-refractivity contribution in [2.24, 2.45) is 5.92 Å². The molecule has 1 saturated heterocycles. The highest BCUT2D eigenvalue weighted by atomic mass is 35.5. The van der Waals surface area contributed by atoms with Gasteiger partial charge in [0.05, 0.1) is 0 Å². The van der Waals surface area contributed by atoms with E-state index in [1.54, 1.807) is 0 Å². The zero-order valence-corrected chi connectivity index (χ0v) is 18.5. The molecule has 3 aromatic rings. The van der Waals surface area contributed by atoms with Gasteiger partial charge in [-0.15, -0.1) is 0 Å². The lowest BCUT2D eigenvalue weighted by Crippen LogP contribution is -2.42. The summed E-state index contributed by atoms with van der Waals surface area (Å²) in [6.07, 6.45) is 1.78. The monoisotopic (exact) mass is 432 g/mol. The predicted molar refractivity (Wildman–Crippen MR) is 127 cm³/mol. The Morgan fingerprint density at radius 3 is 1.87 bits per heavy atom. The normalized spacial score (nSPS) is 15.0. The van der Waals surface area contributed by atoms with E-state index >= 15 is 0 Å². The Morgan fingerprint density at radius 1 is 0.806 bits per heavy atom. The van der Waals surface area contributed by atoms with Gasteiger partial charge in [0, 0.05) is 30.6 Å². The summed E-state index contributed by atoms with van der Waals surface area (Å²) in [4.78, 5) is 17.9. The van der Waals surface area contributed by atoms with Crippen molar-refractivity contribution in [1.82, 2.24) is 9.80 Å². The number of likely N-dealkylation sites (tertiary alicyclic amines) is 1. The summed E-state index contributed by atoms with van der Waals surface area (Å²) in [5.41, 5.74) is 3.49. The molecule has 0 aromatic heterocycles. The Hall–Kier alpha value is -2.62. The topological polar surface area (TPSA) is 23.6 Å². The summed E-state index contributed by atoms with van der Waals surface area (Å²) in [5.74, 6) is 0.347. The molecule has 3 aromatic carbocycles. The van der Waals surface area contributed by atoms with Gasteiger partial charge < -0.3 is 4.90 Å². The number of carbonyl (C=O) groups is 1. The number of piperidine rings is 1. The minimum absolute atomic E-state index is 0.0786. The molecule has 0 spiro atoms. The Morgan fingerprint density at radius 2 is 1.32 bits per heavy atom. The maximum atomic E-state index is 13.5. The summed E-state index contributed by atoms with van der Waals surface area (Å²) in [6, 6.07) is 28.6. The van der Waals surface area contributed by atoms with Crippen molar-refractivity contribution in [3.63, 3.8) is 0 Å². The Kier molecular flexibility index (Phi) is 7.39. The number of rotatable bonds is 7. The molecule has 0 N–H and O–H groups in total. The third-order valence-corrected chi connectivity index (χ3v) is 6.40. The van der Waals surface area contributed by atoms with E-state index in [2.05, 4.69) is 35.2 Å². The van der Waals surface area contributed by atoms with E-state index in [-0.39, 0.29) is 11.8 Å². The van der Waals surface area contributed by atoms with Crippen LogP contribution in [0, 0.1) is 5.92 Å². The van der Waals surface area contributed by atoms with Crippen LogP contribution in [0.1, 0.15) is 29.5 Å². The molecule has 1 aliphatic heterocycles. The van der Waals surface area contributed by atoms with Crippen LogP contribution in [-0.2, 0) is 24.4 Å². The molecule has 1 heterocycles. The maximum absolute atomic E-state index is 13.5. The van der Waals surface area contributed by atoms with Gasteiger partial charge in [0.1, 0.15) is 0 Å². The molecule has 160 valence electrons. The Balaban J connectivity index is 1.40. The standard InChI is InChI=1S/C27H29ClN2O/c28-26-14-8-7-13-25(26)21-29-17-15-24(16-18-29)27(31)30(19-22-9-3-1-4-10-22)20-23-11-5-2-6-12-23/h1-14,24H,15-21H2. The van der Waals surface area contributed by atoms with Crippen LogP contribution in [0.25, 0.3) is 0 Å². The average molecular weight is 433 g/mol. The third kappa shape index (κ3) is 5.96. The van der Waals surface area contributed by atoms with Crippen LogP contribution in [-0.4, -0.2) is 28.8 Å². The lowest BCUT2D eigenvalue weighted by Gasteiger charge is -2.34. The van der Waals surface area contributed by atoms with Gasteiger partial charge in [-0.1, -0.05) is 90.5 Å². The van der Waals surface area contributed by atoms with E-state index in [0.29, 0.717) is 13.1 Å². The second kappa shape index (κ2) is 10.6. The van der Waals surface area contributed by atoms with Gasteiger partial charge in [0.15, 0.2) is 0 Å². The predicted octanol–water partition coefficient (Wildman–Crippen LogP) is 5.78. The smallest absolute Gasteiger partial charge is 0.226 e. The van der Waals surface area contributed by atoms with Crippen molar-refractivity contribution in [3.05, 3.63) is 107 Å². The second-order valence-electron chi connectivity index (χ2n) is 8.31. The first-order valence-corrected chi connectivity index (χ1v) is 11.4. The Labute approximate surface area is 190 Å². The van der Waals surface area contributed by atoms with Gasteiger partial charge in [-0.3, -0.25) is 9.69 Å². The van der Waals surface area contributed by atoms with Crippen LogP contribution >= 0.6 is 11.6 Å². The molecule has 1 aliphatic rings. The largest absolute Gasteiger partial charge is 0.334 e. The van der Waals surface area contributed by atoms with Gasteiger partial charge in [-0.2, -0.15) is 0 Å². The minimum atomic E-state index is 0.0786. The first kappa shape index (κ1) is 21.6. The summed E-state index contributed by atoms with van der Waals surface area (Å²) >= 11 is 6.33. The molecule has 0 radical (unpaired) electrons. The molecular weight excluding hydrogens is 404 g/mol. The van der Waals surface area contributed by atoms with Crippen LogP contribution in [0.15, 0.2) is 84.9 Å². The fraction of sp³-hybridized carbons (Fsp3) is 0.296. The molecular formula is C27H29ClN2O. The third-order valence-electron chi connectivity index (χ3n) is 6.03. The fourth-order valence-corrected chi connectivity index (χ4v) is 4.48. The SMILES string of the molecule is O=C(C1CCN(Cc2ccccc2Cl)CC1)N(Cc1ccccc1)Cc1ccccc1. The van der Waals surface area contributed by atoms with E-state index in [1.165, 1.54) is 11.1 Å². The Bertz CT molecular complexity index is 927. The zero-order chi connectivity index (χ0) is 21.5. The number of benzene rings is 3. The number of carbonyl (C=O) groups excluding carboxylic acids is 1. The van der Waals surface area contributed by atoms with E-state index in [9.17, 15) is 4.79 Å². The number of amides is 1. The van der Waals surface area contributed by atoms with Crippen LogP contribution < -0.4 is 0 Å². The van der Waals surface area contributed by atoms with E-state index in [1.807, 2.05) is 59.5 Å². The number of halogens is 1. The lowest BCUT2D eigenvalue weighted by atomic mass is 9.94. The molecule has 1 fully saturated rings. The van der Waals surface area contributed by atoms with Crippen molar-refractivity contribution >= 4 is 17.5 Å². The minimum Gasteiger partial charge on any atom is -0.334 e. The van der Waals surface area contributed by atoms with Gasteiger partial charge in [-0.25, -0.2) is 0 Å². The highest BCUT2D eigenvalue weighted by Gasteiger charge is 2.29. The molecule has 0 saturated carbocycles. The van der Waals surface area contributed by atoms with Crippen LogP contribution in [0.2, 0.25) is 5.02 Å². The summed E-state index contributed by atoms with van der Waals surface area (Å²) in [5, 5.41) is 0.817. The average Bonchev–Trinajstić information content (AvgIpc) is 2.82. The molecule has 4 rings (SSSR count).